The lowest BCUT2D eigenvalue weighted by Gasteiger charge is -2.46. The predicted octanol–water partition coefficient (Wildman–Crippen LogP) is 1.13. The molecule has 2 aliphatic rings. The molecule has 2 heterocycles. The van der Waals surface area contributed by atoms with E-state index in [1.165, 1.54) is 6.08 Å². The summed E-state index contributed by atoms with van der Waals surface area (Å²) in [7, 11) is 0. The molecule has 0 unspecified atom stereocenters. The lowest BCUT2D eigenvalue weighted by Crippen LogP contribution is -2.58. The van der Waals surface area contributed by atoms with Gasteiger partial charge in [-0.1, -0.05) is 0 Å². The molecule has 0 spiro atoms. The second kappa shape index (κ2) is 3.67. The van der Waals surface area contributed by atoms with Gasteiger partial charge in [-0.2, -0.15) is 0 Å². The summed E-state index contributed by atoms with van der Waals surface area (Å²) >= 11 is 0. The van der Waals surface area contributed by atoms with Gasteiger partial charge in [0, 0.05) is 22.7 Å². The third kappa shape index (κ3) is 2.57. The highest BCUT2D eigenvalue weighted by Gasteiger charge is 2.41. The summed E-state index contributed by atoms with van der Waals surface area (Å²) < 4.78 is 0. The van der Waals surface area contributed by atoms with Gasteiger partial charge < -0.3 is 5.32 Å². The van der Waals surface area contributed by atoms with Crippen LogP contribution in [0.25, 0.3) is 0 Å². The Hall–Kier alpha value is -1.16. The average Bonchev–Trinajstić information content (AvgIpc) is 2.39. The van der Waals surface area contributed by atoms with Crippen LogP contribution in [-0.2, 0) is 9.59 Å². The Labute approximate surface area is 102 Å². The van der Waals surface area contributed by atoms with Crippen LogP contribution in [0, 0.1) is 5.92 Å². The molecule has 4 heteroatoms. The molecule has 0 atom stereocenters. The van der Waals surface area contributed by atoms with E-state index in [0.717, 1.165) is 12.8 Å². The Morgan fingerprint density at radius 2 is 1.65 bits per heavy atom. The molecular weight excluding hydrogens is 216 g/mol. The Bertz CT molecular complexity index is 392. The molecule has 2 N–H and O–H groups in total. The van der Waals surface area contributed by atoms with E-state index in [1.807, 2.05) is 0 Å². The minimum atomic E-state index is -0.279. The van der Waals surface area contributed by atoms with Gasteiger partial charge in [0.25, 0.3) is 11.8 Å². The molecular formula is C13H20N2O2. The topological polar surface area (TPSA) is 58.2 Å². The maximum absolute atomic E-state index is 11.7. The van der Waals surface area contributed by atoms with E-state index in [1.54, 1.807) is 0 Å². The monoisotopic (exact) mass is 236 g/mol. The third-order valence-electron chi connectivity index (χ3n) is 3.42. The van der Waals surface area contributed by atoms with Gasteiger partial charge in [0.2, 0.25) is 0 Å². The molecule has 0 aliphatic carbocycles. The number of rotatable bonds is 1. The van der Waals surface area contributed by atoms with Gasteiger partial charge in [-0.15, -0.1) is 0 Å². The maximum Gasteiger partial charge on any atom is 0.254 e. The Morgan fingerprint density at radius 1 is 1.12 bits per heavy atom. The average molecular weight is 236 g/mol. The van der Waals surface area contributed by atoms with E-state index < -0.39 is 0 Å². The minimum Gasteiger partial charge on any atom is -0.307 e. The van der Waals surface area contributed by atoms with Crippen molar-refractivity contribution in [3.63, 3.8) is 0 Å². The van der Waals surface area contributed by atoms with E-state index in [4.69, 9.17) is 0 Å². The molecule has 0 aromatic heterocycles. The van der Waals surface area contributed by atoms with Gasteiger partial charge in [-0.25, -0.2) is 0 Å². The number of nitrogens with one attached hydrogen (secondary N) is 2. The fourth-order valence-corrected chi connectivity index (χ4v) is 3.27. The summed E-state index contributed by atoms with van der Waals surface area (Å²) in [6.07, 6.45) is 3.22. The fourth-order valence-electron chi connectivity index (χ4n) is 3.27. The van der Waals surface area contributed by atoms with Crippen molar-refractivity contribution in [3.8, 4) is 0 Å². The second-order valence-corrected chi connectivity index (χ2v) is 6.42. The first kappa shape index (κ1) is 12.3. The zero-order valence-electron chi connectivity index (χ0n) is 10.9. The smallest absolute Gasteiger partial charge is 0.254 e. The molecule has 1 saturated heterocycles. The molecule has 0 aromatic carbocycles. The number of hydrogen-bond donors (Lipinski definition) is 2. The standard InChI is InChI=1S/C13H20N2O2/c1-12(2)6-8(7-13(3,4)15-12)9-5-10(16)14-11(9)17/h5,8,15H,6-7H2,1-4H3,(H,14,16,17). The summed E-state index contributed by atoms with van der Waals surface area (Å²) in [5, 5.41) is 5.90. The van der Waals surface area contributed by atoms with Crippen LogP contribution < -0.4 is 10.6 Å². The first-order valence-electron chi connectivity index (χ1n) is 6.05. The van der Waals surface area contributed by atoms with Crippen molar-refractivity contribution in [1.82, 2.24) is 10.6 Å². The summed E-state index contributed by atoms with van der Waals surface area (Å²) in [5.41, 5.74) is 0.621. The van der Waals surface area contributed by atoms with Crippen LogP contribution in [0.5, 0.6) is 0 Å². The van der Waals surface area contributed by atoms with Crippen molar-refractivity contribution in [2.24, 2.45) is 5.92 Å². The Balaban J connectivity index is 2.25. The molecule has 0 saturated carbocycles. The van der Waals surface area contributed by atoms with Gasteiger partial charge >= 0.3 is 0 Å². The molecule has 0 bridgehead atoms. The normalized spacial score (nSPS) is 27.9. The molecule has 2 aliphatic heterocycles. The molecule has 2 amide bonds. The van der Waals surface area contributed by atoms with Gasteiger partial charge in [0.05, 0.1) is 0 Å². The number of piperidine rings is 1. The largest absolute Gasteiger partial charge is 0.307 e. The lowest BCUT2D eigenvalue weighted by molar-refractivity contribution is -0.124. The van der Waals surface area contributed by atoms with Crippen LogP contribution in [0.2, 0.25) is 0 Å². The molecule has 1 fully saturated rings. The highest BCUT2D eigenvalue weighted by Crippen LogP contribution is 2.37. The van der Waals surface area contributed by atoms with Crippen molar-refractivity contribution in [2.75, 3.05) is 0 Å². The third-order valence-corrected chi connectivity index (χ3v) is 3.42. The van der Waals surface area contributed by atoms with Crippen molar-refractivity contribution < 1.29 is 9.59 Å². The quantitative estimate of drug-likeness (QED) is 0.671. The van der Waals surface area contributed by atoms with Gasteiger partial charge in [-0.05, 0) is 46.5 Å². The second-order valence-electron chi connectivity index (χ2n) is 6.42. The number of imide groups is 1. The van der Waals surface area contributed by atoms with E-state index in [0.29, 0.717) is 5.57 Å². The van der Waals surface area contributed by atoms with Crippen molar-refractivity contribution in [2.45, 2.75) is 51.6 Å². The van der Waals surface area contributed by atoms with Gasteiger partial charge in [-0.3, -0.25) is 14.9 Å². The summed E-state index contributed by atoms with van der Waals surface area (Å²) in [4.78, 5) is 22.9. The van der Waals surface area contributed by atoms with Crippen molar-refractivity contribution in [3.05, 3.63) is 11.6 Å². The highest BCUT2D eigenvalue weighted by atomic mass is 16.2. The van der Waals surface area contributed by atoms with Gasteiger partial charge in [0.1, 0.15) is 0 Å². The molecule has 2 rings (SSSR count). The van der Waals surface area contributed by atoms with Crippen molar-refractivity contribution >= 4 is 11.8 Å². The van der Waals surface area contributed by atoms with E-state index >= 15 is 0 Å². The van der Waals surface area contributed by atoms with Crippen molar-refractivity contribution in [1.29, 1.82) is 0 Å². The van der Waals surface area contributed by atoms with Crippen LogP contribution in [0.1, 0.15) is 40.5 Å². The summed E-state index contributed by atoms with van der Waals surface area (Å²) in [5.74, 6) is -0.333. The number of amides is 2. The zero-order chi connectivity index (χ0) is 12.8. The lowest BCUT2D eigenvalue weighted by atomic mass is 9.73. The van der Waals surface area contributed by atoms with Crippen LogP contribution in [0.4, 0.5) is 0 Å². The molecule has 0 aromatic rings. The first-order chi connectivity index (χ1) is 7.69. The van der Waals surface area contributed by atoms with Crippen LogP contribution in [0.3, 0.4) is 0 Å². The number of carbonyl (C=O) groups is 2. The summed E-state index contributed by atoms with van der Waals surface area (Å²) in [6, 6.07) is 0. The molecule has 4 nitrogen and oxygen atoms in total. The maximum atomic E-state index is 11.7. The number of carbonyl (C=O) groups excluding carboxylic acids is 2. The van der Waals surface area contributed by atoms with Crippen LogP contribution in [0.15, 0.2) is 11.6 Å². The SMILES string of the molecule is CC1(C)CC(C2=CC(=O)NC2=O)CC(C)(C)N1. The van der Waals surface area contributed by atoms with E-state index in [2.05, 4.69) is 38.3 Å². The van der Waals surface area contributed by atoms with E-state index in [9.17, 15) is 9.59 Å². The Morgan fingerprint density at radius 3 is 2.06 bits per heavy atom. The zero-order valence-corrected chi connectivity index (χ0v) is 10.9. The van der Waals surface area contributed by atoms with Gasteiger partial charge in [0.15, 0.2) is 0 Å². The van der Waals surface area contributed by atoms with Crippen LogP contribution in [-0.4, -0.2) is 22.9 Å². The highest BCUT2D eigenvalue weighted by molar-refractivity contribution is 6.16. The number of hydrogen-bond acceptors (Lipinski definition) is 3. The molecule has 0 radical (unpaired) electrons. The van der Waals surface area contributed by atoms with Crippen LogP contribution >= 0.6 is 0 Å². The summed E-state index contributed by atoms with van der Waals surface area (Å²) in [6.45, 7) is 8.54. The molecule has 17 heavy (non-hydrogen) atoms. The molecule has 94 valence electrons. The predicted molar refractivity (Wildman–Crippen MR) is 65.3 cm³/mol. The van der Waals surface area contributed by atoms with E-state index in [-0.39, 0.29) is 28.8 Å². The Kier molecular flexibility index (Phi) is 2.65. The fraction of sp³-hybridized carbons (Fsp3) is 0.692. The minimum absolute atomic E-state index is 0.0147. The first-order valence-corrected chi connectivity index (χ1v) is 6.05.